The molecule has 1 fully saturated rings. The quantitative estimate of drug-likeness (QED) is 0.804. The van der Waals surface area contributed by atoms with E-state index in [1.165, 1.54) is 0 Å². The van der Waals surface area contributed by atoms with E-state index in [1.807, 2.05) is 13.0 Å². The van der Waals surface area contributed by atoms with Gasteiger partial charge in [0.15, 0.2) is 0 Å². The summed E-state index contributed by atoms with van der Waals surface area (Å²) in [4.78, 5) is 9.71. The topological polar surface area (TPSA) is 45.4 Å². The molecule has 2 N–H and O–H groups in total. The molecule has 92 valence electrons. The number of thiocarbonyl (C=S) groups is 1. The number of rotatable bonds is 3. The Morgan fingerprint density at radius 2 is 2.06 bits per heavy atom. The maximum atomic E-state index is 5.55. The monoisotopic (exact) mass is 250 g/mol. The van der Waals surface area contributed by atoms with E-state index in [4.69, 9.17) is 18.0 Å². The van der Waals surface area contributed by atoms with E-state index in [1.54, 1.807) is 0 Å². The molecular formula is C12H18N4S. The lowest BCUT2D eigenvalue weighted by molar-refractivity contribution is 0.291. The van der Waals surface area contributed by atoms with E-state index < -0.39 is 0 Å². The first-order valence-electron chi connectivity index (χ1n) is 5.84. The summed E-state index contributed by atoms with van der Waals surface area (Å²) in [5, 5.41) is 0. The number of piperazine rings is 1. The Kier molecular flexibility index (Phi) is 3.91. The number of anilines is 1. The maximum absolute atomic E-state index is 5.55. The van der Waals surface area contributed by atoms with Crippen molar-refractivity contribution in [3.63, 3.8) is 0 Å². The van der Waals surface area contributed by atoms with Crippen LogP contribution >= 0.6 is 12.2 Å². The first-order chi connectivity index (χ1) is 8.15. The fourth-order valence-electron chi connectivity index (χ4n) is 2.06. The van der Waals surface area contributed by atoms with Crippen LogP contribution in [0.2, 0.25) is 0 Å². The van der Waals surface area contributed by atoms with Gasteiger partial charge in [0.2, 0.25) is 0 Å². The molecule has 5 heteroatoms. The zero-order chi connectivity index (χ0) is 12.3. The summed E-state index contributed by atoms with van der Waals surface area (Å²) in [7, 11) is 0. The number of aromatic nitrogens is 1. The van der Waals surface area contributed by atoms with Gasteiger partial charge in [-0.2, -0.15) is 0 Å². The number of nitrogens with zero attached hydrogens (tertiary/aromatic N) is 3. The molecule has 4 nitrogen and oxygen atoms in total. The lowest BCUT2D eigenvalue weighted by Crippen LogP contribution is -2.48. The zero-order valence-electron chi connectivity index (χ0n) is 10.1. The second-order valence-electron chi connectivity index (χ2n) is 4.37. The highest BCUT2D eigenvalue weighted by molar-refractivity contribution is 7.80. The molecule has 0 spiro atoms. The highest BCUT2D eigenvalue weighted by Gasteiger charge is 2.17. The minimum atomic E-state index is 0.576. The summed E-state index contributed by atoms with van der Waals surface area (Å²) in [6, 6.07) is 6.14. The largest absolute Gasteiger partial charge is 0.392 e. The Morgan fingerprint density at radius 1 is 1.35 bits per heavy atom. The third-order valence-corrected chi connectivity index (χ3v) is 3.08. The van der Waals surface area contributed by atoms with Crippen LogP contribution in [0.4, 0.5) is 5.82 Å². The van der Waals surface area contributed by atoms with Crippen molar-refractivity contribution in [2.45, 2.75) is 6.92 Å². The van der Waals surface area contributed by atoms with E-state index in [0.717, 1.165) is 44.2 Å². The molecule has 0 atom stereocenters. The number of pyridine rings is 1. The third-order valence-electron chi connectivity index (χ3n) is 2.95. The van der Waals surface area contributed by atoms with Crippen molar-refractivity contribution in [1.82, 2.24) is 9.88 Å². The van der Waals surface area contributed by atoms with E-state index in [-0.39, 0.29) is 0 Å². The van der Waals surface area contributed by atoms with Gasteiger partial charge in [-0.15, -0.1) is 0 Å². The second kappa shape index (κ2) is 5.42. The van der Waals surface area contributed by atoms with Gasteiger partial charge in [-0.25, -0.2) is 4.98 Å². The van der Waals surface area contributed by atoms with Crippen molar-refractivity contribution in [1.29, 1.82) is 0 Å². The third kappa shape index (κ3) is 3.38. The van der Waals surface area contributed by atoms with Gasteiger partial charge < -0.3 is 10.6 Å². The minimum absolute atomic E-state index is 0.576. The predicted octanol–water partition coefficient (Wildman–Crippen LogP) is 0.798. The van der Waals surface area contributed by atoms with Crippen molar-refractivity contribution < 1.29 is 0 Å². The van der Waals surface area contributed by atoms with Gasteiger partial charge in [0.05, 0.1) is 4.99 Å². The van der Waals surface area contributed by atoms with Crippen LogP contribution in [-0.4, -0.2) is 47.6 Å². The molecule has 2 heterocycles. The van der Waals surface area contributed by atoms with Gasteiger partial charge in [0.25, 0.3) is 0 Å². The lowest BCUT2D eigenvalue weighted by Gasteiger charge is -2.35. The Labute approximate surface area is 107 Å². The molecule has 0 radical (unpaired) electrons. The average molecular weight is 250 g/mol. The average Bonchev–Trinajstić information content (AvgIpc) is 2.29. The van der Waals surface area contributed by atoms with Crippen LogP contribution in [0.5, 0.6) is 0 Å². The fourth-order valence-corrected chi connectivity index (χ4v) is 2.24. The fraction of sp³-hybridized carbons (Fsp3) is 0.500. The molecule has 0 aromatic carbocycles. The summed E-state index contributed by atoms with van der Waals surface area (Å²) >= 11 is 4.93. The lowest BCUT2D eigenvalue weighted by atomic mass is 10.3. The van der Waals surface area contributed by atoms with Crippen molar-refractivity contribution >= 4 is 23.0 Å². The first kappa shape index (κ1) is 12.3. The van der Waals surface area contributed by atoms with Gasteiger partial charge in [0.1, 0.15) is 5.82 Å². The van der Waals surface area contributed by atoms with Crippen LogP contribution in [0.15, 0.2) is 18.2 Å². The molecule has 1 aromatic heterocycles. The molecule has 1 aromatic rings. The molecule has 1 aliphatic rings. The van der Waals surface area contributed by atoms with Crippen LogP contribution < -0.4 is 10.6 Å². The maximum Gasteiger partial charge on any atom is 0.128 e. The molecule has 0 bridgehead atoms. The Balaban J connectivity index is 1.93. The van der Waals surface area contributed by atoms with E-state index in [2.05, 4.69) is 26.9 Å². The summed E-state index contributed by atoms with van der Waals surface area (Å²) < 4.78 is 0. The van der Waals surface area contributed by atoms with E-state index in [9.17, 15) is 0 Å². The predicted molar refractivity (Wildman–Crippen MR) is 74.4 cm³/mol. The molecule has 1 saturated heterocycles. The summed E-state index contributed by atoms with van der Waals surface area (Å²) in [5.74, 6) is 1.07. The van der Waals surface area contributed by atoms with E-state index in [0.29, 0.717) is 4.99 Å². The van der Waals surface area contributed by atoms with Crippen molar-refractivity contribution in [3.8, 4) is 0 Å². The molecule has 0 aliphatic carbocycles. The van der Waals surface area contributed by atoms with Crippen LogP contribution in [0, 0.1) is 6.92 Å². The van der Waals surface area contributed by atoms with Gasteiger partial charge in [0, 0.05) is 38.4 Å². The van der Waals surface area contributed by atoms with E-state index >= 15 is 0 Å². The number of nitrogens with two attached hydrogens (primary N) is 1. The van der Waals surface area contributed by atoms with Crippen molar-refractivity contribution in [2.75, 3.05) is 37.6 Å². The summed E-state index contributed by atoms with van der Waals surface area (Å²) in [6.45, 7) is 6.70. The van der Waals surface area contributed by atoms with Crippen LogP contribution in [0.1, 0.15) is 5.69 Å². The van der Waals surface area contributed by atoms with Gasteiger partial charge >= 0.3 is 0 Å². The summed E-state index contributed by atoms with van der Waals surface area (Å²) in [5.41, 5.74) is 6.62. The molecule has 0 unspecified atom stereocenters. The number of aryl methyl sites for hydroxylation is 1. The van der Waals surface area contributed by atoms with Crippen molar-refractivity contribution in [3.05, 3.63) is 23.9 Å². The molecule has 0 amide bonds. The second-order valence-corrected chi connectivity index (χ2v) is 4.89. The Bertz CT molecular complexity index is 399. The van der Waals surface area contributed by atoms with Gasteiger partial charge in [-0.3, -0.25) is 4.90 Å². The first-order valence-corrected chi connectivity index (χ1v) is 6.25. The van der Waals surface area contributed by atoms with Crippen molar-refractivity contribution in [2.24, 2.45) is 5.73 Å². The van der Waals surface area contributed by atoms with Crippen LogP contribution in [0.3, 0.4) is 0 Å². The Hall–Kier alpha value is -1.20. The molecule has 2 rings (SSSR count). The smallest absolute Gasteiger partial charge is 0.128 e. The van der Waals surface area contributed by atoms with Crippen LogP contribution in [-0.2, 0) is 0 Å². The van der Waals surface area contributed by atoms with Crippen LogP contribution in [0.25, 0.3) is 0 Å². The van der Waals surface area contributed by atoms with Gasteiger partial charge in [-0.1, -0.05) is 18.3 Å². The number of hydrogen-bond acceptors (Lipinski definition) is 4. The highest BCUT2D eigenvalue weighted by atomic mass is 32.1. The molecular weight excluding hydrogens is 232 g/mol. The molecule has 17 heavy (non-hydrogen) atoms. The molecule has 1 aliphatic heterocycles. The van der Waals surface area contributed by atoms with Gasteiger partial charge in [-0.05, 0) is 19.1 Å². The SMILES string of the molecule is Cc1cccc(N2CCN(CC(N)=S)CC2)n1. The standard InChI is InChI=1S/C12H18N4S/c1-10-3-2-4-12(14-10)16-7-5-15(6-8-16)9-11(13)17/h2-4H,5-9H2,1H3,(H2,13,17). The number of hydrogen-bond donors (Lipinski definition) is 1. The minimum Gasteiger partial charge on any atom is -0.392 e. The normalized spacial score (nSPS) is 17.1. The summed E-state index contributed by atoms with van der Waals surface area (Å²) in [6.07, 6.45) is 0. The Morgan fingerprint density at radius 3 is 2.65 bits per heavy atom. The molecule has 0 saturated carbocycles. The zero-order valence-corrected chi connectivity index (χ0v) is 10.9. The highest BCUT2D eigenvalue weighted by Crippen LogP contribution is 2.13.